The topological polar surface area (TPSA) is 45.0 Å². The van der Waals surface area contributed by atoms with Crippen LogP contribution in [-0.2, 0) is 0 Å². The molecule has 0 aliphatic carbocycles. The van der Waals surface area contributed by atoms with Crippen LogP contribution in [0.5, 0.6) is 0 Å². The van der Waals surface area contributed by atoms with E-state index in [1.54, 1.807) is 6.92 Å². The van der Waals surface area contributed by atoms with Crippen LogP contribution in [0, 0.1) is 0 Å². The van der Waals surface area contributed by atoms with Gasteiger partial charge in [-0.2, -0.15) is 0 Å². The van der Waals surface area contributed by atoms with Crippen molar-refractivity contribution in [1.29, 1.82) is 0 Å². The molecule has 17 heavy (non-hydrogen) atoms. The zero-order chi connectivity index (χ0) is 12.5. The van der Waals surface area contributed by atoms with Crippen molar-refractivity contribution in [2.75, 3.05) is 0 Å². The van der Waals surface area contributed by atoms with Gasteiger partial charge in [-0.15, -0.1) is 0 Å². The highest BCUT2D eigenvalue weighted by atomic mass is 16.4. The van der Waals surface area contributed by atoms with Gasteiger partial charge in [0.2, 0.25) is 0 Å². The zero-order valence-electron chi connectivity index (χ0n) is 10.6. The Labute approximate surface area is 103 Å². The Kier molecular flexibility index (Phi) is 6.00. The van der Waals surface area contributed by atoms with E-state index < -0.39 is 0 Å². The molecule has 0 saturated carbocycles. The standard InChI is InChI=1S/C14H20N2O/c1-3-4-5-8-11-15-14-10-7-6-9-13(14)12(2)16-17/h6-7,9-11,17H,3-5,8H2,1-2H3/b15-11?,16-12+. The van der Waals surface area contributed by atoms with E-state index in [1.807, 2.05) is 30.5 Å². The fourth-order valence-corrected chi connectivity index (χ4v) is 1.59. The first-order valence-electron chi connectivity index (χ1n) is 6.10. The molecule has 1 aromatic carbocycles. The maximum Gasteiger partial charge on any atom is 0.0858 e. The predicted molar refractivity (Wildman–Crippen MR) is 72.7 cm³/mol. The second-order valence-electron chi connectivity index (χ2n) is 4.01. The molecule has 92 valence electrons. The molecule has 0 aliphatic rings. The molecule has 1 rings (SSSR count). The lowest BCUT2D eigenvalue weighted by Gasteiger charge is -2.02. The number of aliphatic imine (C=N–C) groups is 1. The van der Waals surface area contributed by atoms with Crippen molar-refractivity contribution >= 4 is 17.6 Å². The van der Waals surface area contributed by atoms with E-state index in [0.717, 1.165) is 17.7 Å². The Bertz CT molecular complexity index is 397. The van der Waals surface area contributed by atoms with Crippen LogP contribution in [0.25, 0.3) is 0 Å². The molecular weight excluding hydrogens is 212 g/mol. The highest BCUT2D eigenvalue weighted by Gasteiger charge is 2.02. The van der Waals surface area contributed by atoms with Gasteiger partial charge in [0.15, 0.2) is 0 Å². The Morgan fingerprint density at radius 2 is 2.06 bits per heavy atom. The monoisotopic (exact) mass is 232 g/mol. The maximum absolute atomic E-state index is 8.79. The highest BCUT2D eigenvalue weighted by Crippen LogP contribution is 2.19. The average Bonchev–Trinajstić information content (AvgIpc) is 2.38. The van der Waals surface area contributed by atoms with Gasteiger partial charge < -0.3 is 5.21 Å². The summed E-state index contributed by atoms with van der Waals surface area (Å²) in [5.74, 6) is 0. The summed E-state index contributed by atoms with van der Waals surface area (Å²) in [6.07, 6.45) is 6.58. The van der Waals surface area contributed by atoms with Gasteiger partial charge in [-0.05, 0) is 25.8 Å². The molecule has 0 radical (unpaired) electrons. The van der Waals surface area contributed by atoms with E-state index in [0.29, 0.717) is 5.71 Å². The summed E-state index contributed by atoms with van der Waals surface area (Å²) in [5, 5.41) is 12.0. The molecule has 0 amide bonds. The lowest BCUT2D eigenvalue weighted by atomic mass is 10.1. The number of para-hydroxylation sites is 1. The van der Waals surface area contributed by atoms with Gasteiger partial charge in [-0.1, -0.05) is 43.1 Å². The van der Waals surface area contributed by atoms with E-state index in [4.69, 9.17) is 5.21 Å². The smallest absolute Gasteiger partial charge is 0.0858 e. The van der Waals surface area contributed by atoms with Gasteiger partial charge in [-0.3, -0.25) is 4.99 Å². The number of rotatable bonds is 6. The van der Waals surface area contributed by atoms with E-state index in [-0.39, 0.29) is 0 Å². The molecule has 0 saturated heterocycles. The fraction of sp³-hybridized carbons (Fsp3) is 0.429. The molecule has 1 aromatic rings. The first-order valence-corrected chi connectivity index (χ1v) is 6.10. The molecule has 1 N–H and O–H groups in total. The third kappa shape index (κ3) is 4.39. The second-order valence-corrected chi connectivity index (χ2v) is 4.01. The van der Waals surface area contributed by atoms with Crippen molar-refractivity contribution < 1.29 is 5.21 Å². The van der Waals surface area contributed by atoms with Crippen LogP contribution in [0.2, 0.25) is 0 Å². The van der Waals surface area contributed by atoms with Crippen molar-refractivity contribution in [2.24, 2.45) is 10.1 Å². The Hall–Kier alpha value is -1.64. The molecule has 0 spiro atoms. The van der Waals surface area contributed by atoms with Crippen LogP contribution in [0.1, 0.15) is 45.1 Å². The number of benzene rings is 1. The van der Waals surface area contributed by atoms with E-state index >= 15 is 0 Å². The van der Waals surface area contributed by atoms with Gasteiger partial charge in [0, 0.05) is 11.8 Å². The highest BCUT2D eigenvalue weighted by molar-refractivity contribution is 6.02. The largest absolute Gasteiger partial charge is 0.411 e. The molecule has 0 aliphatic heterocycles. The minimum Gasteiger partial charge on any atom is -0.411 e. The fourth-order valence-electron chi connectivity index (χ4n) is 1.59. The van der Waals surface area contributed by atoms with E-state index in [1.165, 1.54) is 19.3 Å². The summed E-state index contributed by atoms with van der Waals surface area (Å²) in [5.41, 5.74) is 2.33. The van der Waals surface area contributed by atoms with Gasteiger partial charge in [-0.25, -0.2) is 0 Å². The second kappa shape index (κ2) is 7.60. The summed E-state index contributed by atoms with van der Waals surface area (Å²) in [4.78, 5) is 4.43. The minimum atomic E-state index is 0.589. The van der Waals surface area contributed by atoms with Crippen LogP contribution >= 0.6 is 0 Å². The molecule has 0 heterocycles. The van der Waals surface area contributed by atoms with Crippen molar-refractivity contribution in [3.63, 3.8) is 0 Å². The van der Waals surface area contributed by atoms with Gasteiger partial charge >= 0.3 is 0 Å². The van der Waals surface area contributed by atoms with Crippen LogP contribution in [0.4, 0.5) is 5.69 Å². The van der Waals surface area contributed by atoms with Crippen molar-refractivity contribution in [3.8, 4) is 0 Å². The molecule has 0 atom stereocenters. The van der Waals surface area contributed by atoms with Crippen molar-refractivity contribution in [2.45, 2.75) is 39.5 Å². The number of nitrogens with zero attached hydrogens (tertiary/aromatic N) is 2. The molecule has 0 aromatic heterocycles. The minimum absolute atomic E-state index is 0.589. The number of unbranched alkanes of at least 4 members (excludes halogenated alkanes) is 3. The van der Waals surface area contributed by atoms with E-state index in [9.17, 15) is 0 Å². The third-order valence-corrected chi connectivity index (χ3v) is 2.61. The lowest BCUT2D eigenvalue weighted by Crippen LogP contribution is -1.94. The summed E-state index contributed by atoms with van der Waals surface area (Å²) >= 11 is 0. The molecular formula is C14H20N2O. The van der Waals surface area contributed by atoms with Crippen LogP contribution in [0.15, 0.2) is 34.4 Å². The average molecular weight is 232 g/mol. The van der Waals surface area contributed by atoms with Crippen LogP contribution in [0.3, 0.4) is 0 Å². The summed E-state index contributed by atoms with van der Waals surface area (Å²) in [6, 6.07) is 7.70. The number of oxime groups is 1. The van der Waals surface area contributed by atoms with Gasteiger partial charge in [0.25, 0.3) is 0 Å². The lowest BCUT2D eigenvalue weighted by molar-refractivity contribution is 0.319. The number of hydrogen-bond acceptors (Lipinski definition) is 3. The van der Waals surface area contributed by atoms with Gasteiger partial charge in [0.05, 0.1) is 11.4 Å². The quantitative estimate of drug-likeness (QED) is 0.340. The normalized spacial score (nSPS) is 12.2. The maximum atomic E-state index is 8.79. The summed E-state index contributed by atoms with van der Waals surface area (Å²) in [7, 11) is 0. The SMILES string of the molecule is CCCCCC=Nc1ccccc1/C(C)=N/O. The molecule has 3 nitrogen and oxygen atoms in total. The van der Waals surface area contributed by atoms with E-state index in [2.05, 4.69) is 17.1 Å². The third-order valence-electron chi connectivity index (χ3n) is 2.61. The Balaban J connectivity index is 2.70. The molecule has 0 unspecified atom stereocenters. The van der Waals surface area contributed by atoms with Crippen molar-refractivity contribution in [3.05, 3.63) is 29.8 Å². The predicted octanol–water partition coefficient (Wildman–Crippen LogP) is 4.17. The number of hydrogen-bond donors (Lipinski definition) is 1. The summed E-state index contributed by atoms with van der Waals surface area (Å²) in [6.45, 7) is 3.96. The van der Waals surface area contributed by atoms with Gasteiger partial charge in [0.1, 0.15) is 0 Å². The molecule has 0 fully saturated rings. The first kappa shape index (κ1) is 13.4. The molecule has 0 bridgehead atoms. The molecule has 3 heteroatoms. The summed E-state index contributed by atoms with van der Waals surface area (Å²) < 4.78 is 0. The van der Waals surface area contributed by atoms with Crippen molar-refractivity contribution in [1.82, 2.24) is 0 Å². The Morgan fingerprint density at radius 1 is 1.29 bits per heavy atom. The Morgan fingerprint density at radius 3 is 2.76 bits per heavy atom. The first-order chi connectivity index (χ1) is 8.29. The van der Waals surface area contributed by atoms with Crippen LogP contribution in [-0.4, -0.2) is 17.1 Å². The zero-order valence-corrected chi connectivity index (χ0v) is 10.6. The van der Waals surface area contributed by atoms with Crippen LogP contribution < -0.4 is 0 Å².